The van der Waals surface area contributed by atoms with Crippen molar-refractivity contribution in [3.05, 3.63) is 17.3 Å². The van der Waals surface area contributed by atoms with Crippen LogP contribution in [0.5, 0.6) is 11.6 Å². The van der Waals surface area contributed by atoms with Gasteiger partial charge in [-0.3, -0.25) is 0 Å². The average molecular weight is 684 g/mol. The van der Waals surface area contributed by atoms with E-state index in [1.54, 1.807) is 0 Å². The van der Waals surface area contributed by atoms with Gasteiger partial charge in [0, 0.05) is 51.4 Å². The number of hydrogen-bond acceptors (Lipinski definition) is 9. The lowest BCUT2D eigenvalue weighted by Gasteiger charge is -2.39. The molecule has 266 valence electrons. The van der Waals surface area contributed by atoms with Crippen LogP contribution in [0.25, 0.3) is 0 Å². The first kappa shape index (κ1) is 39.4. The van der Waals surface area contributed by atoms with Gasteiger partial charge < -0.3 is 36.0 Å². The Morgan fingerprint density at radius 3 is 1.35 bits per heavy atom. The molecule has 3 rings (SSSR count). The summed E-state index contributed by atoms with van der Waals surface area (Å²) < 4.78 is 54.3. The predicted molar refractivity (Wildman–Crippen MR) is 187 cm³/mol. The highest BCUT2D eigenvalue weighted by Gasteiger charge is 2.58. The third-order valence-electron chi connectivity index (χ3n) is 8.75. The number of ether oxygens (including phenoxy) is 2. The van der Waals surface area contributed by atoms with E-state index in [0.717, 1.165) is 88.2 Å². The zero-order valence-electron chi connectivity index (χ0n) is 30.0. The zero-order valence-corrected chi connectivity index (χ0v) is 32.0. The maximum absolute atomic E-state index is 6.91. The molecule has 2 aliphatic rings. The Balaban J connectivity index is 2.21. The summed E-state index contributed by atoms with van der Waals surface area (Å²) in [5.41, 5.74) is 1.82. The normalized spacial score (nSPS) is 18.1. The number of pyridine rings is 1. The van der Waals surface area contributed by atoms with Crippen molar-refractivity contribution in [2.24, 2.45) is 0 Å². The highest BCUT2D eigenvalue weighted by atomic mass is 28.4. The van der Waals surface area contributed by atoms with Crippen molar-refractivity contribution in [1.29, 1.82) is 0 Å². The molecule has 11 heteroatoms. The van der Waals surface area contributed by atoms with Crippen LogP contribution >= 0.6 is 0 Å². The molecule has 1 aromatic heterocycles. The van der Waals surface area contributed by atoms with Gasteiger partial charge >= 0.3 is 17.6 Å². The lowest BCUT2D eigenvalue weighted by atomic mass is 10.0. The first-order chi connectivity index (χ1) is 22.6. The van der Waals surface area contributed by atoms with E-state index in [9.17, 15) is 0 Å². The van der Waals surface area contributed by atoms with E-state index >= 15 is 0 Å². The van der Waals surface area contributed by atoms with Gasteiger partial charge in [0.25, 0.3) is 5.88 Å². The largest absolute Gasteiger partial charge is 0.509 e. The van der Waals surface area contributed by atoms with Gasteiger partial charge in [-0.2, -0.15) is 0 Å². The van der Waals surface area contributed by atoms with E-state index in [0.29, 0.717) is 77.3 Å². The summed E-state index contributed by atoms with van der Waals surface area (Å²) in [5, 5.41) is 0. The Kier molecular flexibility index (Phi) is 18.7. The van der Waals surface area contributed by atoms with Crippen LogP contribution in [0.3, 0.4) is 0 Å². The fourth-order valence-electron chi connectivity index (χ4n) is 5.96. The van der Waals surface area contributed by atoms with Crippen molar-refractivity contribution in [3.63, 3.8) is 0 Å². The van der Waals surface area contributed by atoms with Crippen LogP contribution in [-0.2, 0) is 26.6 Å². The molecule has 2 aliphatic heterocycles. The minimum absolute atomic E-state index is 0.134. The Morgan fingerprint density at radius 1 is 0.565 bits per heavy atom. The summed E-state index contributed by atoms with van der Waals surface area (Å²) in [6, 6.07) is 0. The molecule has 0 amide bonds. The van der Waals surface area contributed by atoms with E-state index in [4.69, 9.17) is 41.0 Å². The number of rotatable bonds is 26. The monoisotopic (exact) mass is 683 g/mol. The highest BCUT2D eigenvalue weighted by Crippen LogP contribution is 2.51. The first-order valence-corrected chi connectivity index (χ1v) is 22.3. The second-order valence-electron chi connectivity index (χ2n) is 12.6. The zero-order chi connectivity index (χ0) is 33.1. The molecule has 3 heterocycles. The number of nitrogens with zero attached hydrogens (tertiary/aromatic N) is 1. The van der Waals surface area contributed by atoms with Gasteiger partial charge in [0.05, 0.1) is 24.3 Å². The molecule has 1 aromatic rings. The maximum Gasteiger partial charge on any atom is 0.509 e. The molecule has 9 nitrogen and oxygen atoms in total. The molecule has 46 heavy (non-hydrogen) atoms. The van der Waals surface area contributed by atoms with Crippen LogP contribution in [0.4, 0.5) is 0 Å². The molecule has 0 fully saturated rings. The fraction of sp³-hybridized carbons (Fsp3) is 0.857. The topological polar surface area (TPSA) is 86.7 Å². The standard InChI is InChI=1S/C35H65NO8Si2/c1-7-13-21-39-45(40-22-14-8-2,41-23-15-9-3)31-19-27-37-34-33-30(31)29-36-35(34)38-28-20-32(33)46(42-24-16-10-4,43-25-17-11-5)44-26-18-12-6/h29,31-32H,7-28H2,1-6H3. The summed E-state index contributed by atoms with van der Waals surface area (Å²) in [6.07, 6.45) is 15.3. The van der Waals surface area contributed by atoms with Gasteiger partial charge in [-0.05, 0) is 56.9 Å². The van der Waals surface area contributed by atoms with Crippen molar-refractivity contribution < 1.29 is 36.0 Å². The molecule has 0 spiro atoms. The van der Waals surface area contributed by atoms with Crippen molar-refractivity contribution >= 4 is 17.6 Å². The molecular weight excluding hydrogens is 619 g/mol. The molecule has 0 radical (unpaired) electrons. The van der Waals surface area contributed by atoms with Crippen molar-refractivity contribution in [2.45, 2.75) is 143 Å². The van der Waals surface area contributed by atoms with E-state index in [2.05, 4.69) is 41.5 Å². The van der Waals surface area contributed by atoms with Gasteiger partial charge in [-0.25, -0.2) is 4.98 Å². The van der Waals surface area contributed by atoms with Gasteiger partial charge in [-0.15, -0.1) is 0 Å². The molecule has 0 saturated heterocycles. The van der Waals surface area contributed by atoms with Crippen LogP contribution in [0, 0.1) is 0 Å². The SMILES string of the molecule is CCCCO[Si](OCCCC)(OCCCC)C1CCOc2c3ncc1c2C([Si](OCCCC)(OCCCC)OCCCC)CCO3. The fourth-order valence-corrected chi connectivity index (χ4v) is 12.4. The Hall–Kier alpha value is -1.06. The number of unbranched alkanes of at least 4 members (excludes halogenated alkanes) is 6. The average Bonchev–Trinajstić information content (AvgIpc) is 3.26. The minimum atomic E-state index is -3.31. The summed E-state index contributed by atoms with van der Waals surface area (Å²) >= 11 is 0. The van der Waals surface area contributed by atoms with Crippen LogP contribution in [0.15, 0.2) is 6.20 Å². The Labute approximate surface area is 282 Å². The molecule has 2 unspecified atom stereocenters. The van der Waals surface area contributed by atoms with Gasteiger partial charge in [0.15, 0.2) is 5.75 Å². The Bertz CT molecular complexity index is 918. The maximum atomic E-state index is 6.91. The van der Waals surface area contributed by atoms with E-state index in [1.807, 2.05) is 6.20 Å². The third kappa shape index (κ3) is 10.7. The second kappa shape index (κ2) is 21.8. The van der Waals surface area contributed by atoms with Gasteiger partial charge in [-0.1, -0.05) is 80.1 Å². The van der Waals surface area contributed by atoms with Crippen molar-refractivity contribution in [2.75, 3.05) is 52.9 Å². The highest BCUT2D eigenvalue weighted by molar-refractivity contribution is 6.63. The molecule has 0 aromatic carbocycles. The van der Waals surface area contributed by atoms with Crippen LogP contribution in [0.1, 0.15) is 154 Å². The summed E-state index contributed by atoms with van der Waals surface area (Å²) in [5.74, 6) is 1.24. The smallest absolute Gasteiger partial charge is 0.488 e. The summed E-state index contributed by atoms with van der Waals surface area (Å²) in [6.45, 7) is 17.7. The molecule has 0 aliphatic carbocycles. The van der Waals surface area contributed by atoms with E-state index < -0.39 is 17.6 Å². The van der Waals surface area contributed by atoms with Gasteiger partial charge in [0.1, 0.15) is 0 Å². The molecule has 4 bridgehead atoms. The van der Waals surface area contributed by atoms with Crippen LogP contribution in [0.2, 0.25) is 0 Å². The number of aromatic nitrogens is 1. The quantitative estimate of drug-likeness (QED) is 0.0703. The lowest BCUT2D eigenvalue weighted by molar-refractivity contribution is 0.0429. The predicted octanol–water partition coefficient (Wildman–Crippen LogP) is 8.67. The van der Waals surface area contributed by atoms with E-state index in [-0.39, 0.29) is 11.1 Å². The molecular formula is C35H65NO8Si2. The summed E-state index contributed by atoms with van der Waals surface area (Å²) in [7, 11) is -6.58. The Morgan fingerprint density at radius 2 is 0.935 bits per heavy atom. The van der Waals surface area contributed by atoms with Crippen LogP contribution in [-0.4, -0.2) is 75.4 Å². The van der Waals surface area contributed by atoms with Crippen molar-refractivity contribution in [1.82, 2.24) is 4.98 Å². The molecule has 2 atom stereocenters. The van der Waals surface area contributed by atoms with Crippen LogP contribution < -0.4 is 9.47 Å². The molecule has 0 N–H and O–H groups in total. The second-order valence-corrected chi connectivity index (χ2v) is 18.1. The van der Waals surface area contributed by atoms with Gasteiger partial charge in [0.2, 0.25) is 0 Å². The summed E-state index contributed by atoms with van der Waals surface area (Å²) in [4.78, 5) is 4.85. The molecule has 0 saturated carbocycles. The number of hydrogen-bond donors (Lipinski definition) is 0. The van der Waals surface area contributed by atoms with Crippen molar-refractivity contribution in [3.8, 4) is 11.6 Å². The third-order valence-corrected chi connectivity index (χ3v) is 15.3. The first-order valence-electron chi connectivity index (χ1n) is 18.7. The lowest BCUT2D eigenvalue weighted by Crippen LogP contribution is -2.54. The minimum Gasteiger partial charge on any atom is -0.488 e. The van der Waals surface area contributed by atoms with E-state index in [1.165, 1.54) is 0 Å².